The Bertz CT molecular complexity index is 658. The third-order valence-electron chi connectivity index (χ3n) is 3.27. The van der Waals surface area contributed by atoms with E-state index in [1.54, 1.807) is 0 Å². The van der Waals surface area contributed by atoms with E-state index in [4.69, 9.17) is 16.3 Å². The molecule has 1 aromatic rings. The van der Waals surface area contributed by atoms with Crippen LogP contribution in [0.1, 0.15) is 12.8 Å². The quantitative estimate of drug-likeness (QED) is 0.866. The Labute approximate surface area is 125 Å². The first-order chi connectivity index (χ1) is 9.77. The van der Waals surface area contributed by atoms with Crippen LogP contribution in [0.3, 0.4) is 0 Å². The van der Waals surface area contributed by atoms with Crippen molar-refractivity contribution in [3.63, 3.8) is 0 Å². The lowest BCUT2D eigenvalue weighted by Gasteiger charge is -2.33. The number of sulfonamides is 1. The normalized spacial score (nSPS) is 18.4. The predicted molar refractivity (Wildman–Crippen MR) is 72.2 cm³/mol. The Kier molecular flexibility index (Phi) is 4.52. The monoisotopic (exact) mass is 337 g/mol. The van der Waals surface area contributed by atoms with Gasteiger partial charge in [-0.3, -0.25) is 4.79 Å². The van der Waals surface area contributed by atoms with Crippen LogP contribution in [-0.4, -0.2) is 38.2 Å². The van der Waals surface area contributed by atoms with Gasteiger partial charge in [0.05, 0.1) is 0 Å². The number of hydrogen-bond acceptors (Lipinski definition) is 4. The maximum atomic E-state index is 13.8. The number of ether oxygens (including phenoxy) is 1. The van der Waals surface area contributed by atoms with Gasteiger partial charge in [0.1, 0.15) is 16.3 Å². The Balaban J connectivity index is 2.37. The van der Waals surface area contributed by atoms with E-state index in [0.29, 0.717) is 0 Å². The number of carbonyl (C=O) groups is 1. The van der Waals surface area contributed by atoms with Crippen LogP contribution in [0.2, 0.25) is 5.02 Å². The summed E-state index contributed by atoms with van der Waals surface area (Å²) in [5.74, 6) is -2.36. The number of rotatable bonds is 4. The van der Waals surface area contributed by atoms with Gasteiger partial charge in [-0.2, -0.15) is 4.72 Å². The molecule has 0 aliphatic carbocycles. The molecule has 1 saturated heterocycles. The Morgan fingerprint density at radius 2 is 2.00 bits per heavy atom. The van der Waals surface area contributed by atoms with E-state index in [9.17, 15) is 22.7 Å². The van der Waals surface area contributed by atoms with Crippen molar-refractivity contribution in [3.05, 3.63) is 29.0 Å². The zero-order valence-electron chi connectivity index (χ0n) is 10.8. The first kappa shape index (κ1) is 16.2. The molecule has 1 heterocycles. The lowest BCUT2D eigenvalue weighted by Crippen LogP contribution is -2.57. The molecule has 0 bridgehead atoms. The van der Waals surface area contributed by atoms with Crippen molar-refractivity contribution in [1.82, 2.24) is 4.72 Å². The molecule has 1 aliphatic rings. The average Bonchev–Trinajstić information content (AvgIpc) is 2.38. The molecular weight excluding hydrogens is 325 g/mol. The third kappa shape index (κ3) is 3.34. The largest absolute Gasteiger partial charge is 0.480 e. The fraction of sp³-hybridized carbons (Fsp3) is 0.417. The summed E-state index contributed by atoms with van der Waals surface area (Å²) in [6.07, 6.45) is -0.0620. The van der Waals surface area contributed by atoms with Crippen molar-refractivity contribution in [3.8, 4) is 0 Å². The lowest BCUT2D eigenvalue weighted by atomic mass is 9.92. The molecule has 2 rings (SSSR count). The highest BCUT2D eigenvalue weighted by Crippen LogP contribution is 2.26. The van der Waals surface area contributed by atoms with Gasteiger partial charge in [-0.1, -0.05) is 11.6 Å². The highest BCUT2D eigenvalue weighted by molar-refractivity contribution is 7.89. The highest BCUT2D eigenvalue weighted by Gasteiger charge is 2.44. The maximum Gasteiger partial charge on any atom is 0.325 e. The molecule has 1 aromatic carbocycles. The molecule has 0 unspecified atom stereocenters. The average molecular weight is 338 g/mol. The molecule has 0 aromatic heterocycles. The maximum absolute atomic E-state index is 13.8. The van der Waals surface area contributed by atoms with E-state index in [-0.39, 0.29) is 31.1 Å². The highest BCUT2D eigenvalue weighted by atomic mass is 35.5. The van der Waals surface area contributed by atoms with E-state index in [0.717, 1.165) is 12.1 Å². The lowest BCUT2D eigenvalue weighted by molar-refractivity contribution is -0.147. The summed E-state index contributed by atoms with van der Waals surface area (Å²) >= 11 is 5.57. The molecule has 0 spiro atoms. The fourth-order valence-corrected chi connectivity index (χ4v) is 3.72. The summed E-state index contributed by atoms with van der Waals surface area (Å²) in [4.78, 5) is 10.8. The standard InChI is InChI=1S/C12H13ClFNO5S/c13-8-1-2-10(9(14)7-8)21(18,19)15-12(11(16)17)3-5-20-6-4-12/h1-2,7,15H,3-6H2,(H,16,17). The number of benzene rings is 1. The summed E-state index contributed by atoms with van der Waals surface area (Å²) in [6, 6.07) is 3.07. The van der Waals surface area contributed by atoms with Crippen LogP contribution in [0.25, 0.3) is 0 Å². The van der Waals surface area contributed by atoms with Gasteiger partial charge in [0, 0.05) is 31.1 Å². The smallest absolute Gasteiger partial charge is 0.325 e. The second-order valence-electron chi connectivity index (χ2n) is 4.68. The second-order valence-corrected chi connectivity index (χ2v) is 6.77. The zero-order valence-corrected chi connectivity index (χ0v) is 12.4. The number of carboxylic acid groups (broad SMARTS) is 1. The first-order valence-corrected chi connectivity index (χ1v) is 7.93. The zero-order chi connectivity index (χ0) is 15.7. The van der Waals surface area contributed by atoms with E-state index >= 15 is 0 Å². The van der Waals surface area contributed by atoms with Crippen LogP contribution >= 0.6 is 11.6 Å². The Morgan fingerprint density at radius 1 is 1.38 bits per heavy atom. The molecule has 116 valence electrons. The number of aliphatic carboxylic acids is 1. The van der Waals surface area contributed by atoms with Crippen LogP contribution in [0.5, 0.6) is 0 Å². The summed E-state index contributed by atoms with van der Waals surface area (Å²) < 4.78 is 45.4. The number of halogens is 2. The molecule has 2 N–H and O–H groups in total. The minimum absolute atomic E-state index is 0.0310. The minimum atomic E-state index is -4.33. The Hall–Kier alpha value is -1.22. The van der Waals surface area contributed by atoms with Crippen molar-refractivity contribution in [2.75, 3.05) is 13.2 Å². The van der Waals surface area contributed by atoms with Gasteiger partial charge < -0.3 is 9.84 Å². The van der Waals surface area contributed by atoms with Gasteiger partial charge in [-0.15, -0.1) is 0 Å². The SMILES string of the molecule is O=C(O)C1(NS(=O)(=O)c2ccc(Cl)cc2F)CCOCC1. The van der Waals surface area contributed by atoms with Crippen molar-refractivity contribution in [2.45, 2.75) is 23.3 Å². The minimum Gasteiger partial charge on any atom is -0.480 e. The topological polar surface area (TPSA) is 92.7 Å². The van der Waals surface area contributed by atoms with Crippen LogP contribution in [-0.2, 0) is 19.6 Å². The molecule has 9 heteroatoms. The molecule has 21 heavy (non-hydrogen) atoms. The number of carboxylic acids is 1. The van der Waals surface area contributed by atoms with Gasteiger partial charge in [0.2, 0.25) is 10.0 Å². The van der Waals surface area contributed by atoms with E-state index < -0.39 is 32.2 Å². The summed E-state index contributed by atoms with van der Waals surface area (Å²) in [6.45, 7) is 0.218. The fourth-order valence-electron chi connectivity index (χ4n) is 2.08. The van der Waals surface area contributed by atoms with Crippen LogP contribution in [0.4, 0.5) is 4.39 Å². The van der Waals surface area contributed by atoms with Gasteiger partial charge in [0.15, 0.2) is 0 Å². The number of nitrogens with one attached hydrogen (secondary N) is 1. The second kappa shape index (κ2) is 5.88. The first-order valence-electron chi connectivity index (χ1n) is 6.07. The molecule has 0 atom stereocenters. The molecular formula is C12H13ClFNO5S. The van der Waals surface area contributed by atoms with E-state index in [2.05, 4.69) is 4.72 Å². The van der Waals surface area contributed by atoms with Crippen LogP contribution in [0, 0.1) is 5.82 Å². The van der Waals surface area contributed by atoms with Crippen molar-refractivity contribution < 1.29 is 27.4 Å². The van der Waals surface area contributed by atoms with Gasteiger partial charge >= 0.3 is 5.97 Å². The molecule has 6 nitrogen and oxygen atoms in total. The molecule has 0 saturated carbocycles. The van der Waals surface area contributed by atoms with E-state index in [1.807, 2.05) is 0 Å². The van der Waals surface area contributed by atoms with Gasteiger partial charge in [-0.25, -0.2) is 12.8 Å². The summed E-state index contributed by atoms with van der Waals surface area (Å²) in [5, 5.41) is 9.36. The van der Waals surface area contributed by atoms with Crippen LogP contribution < -0.4 is 4.72 Å². The molecule has 0 amide bonds. The summed E-state index contributed by atoms with van der Waals surface area (Å²) in [5.41, 5.74) is -1.69. The van der Waals surface area contributed by atoms with Crippen LogP contribution in [0.15, 0.2) is 23.1 Å². The van der Waals surface area contributed by atoms with Crippen molar-refractivity contribution in [1.29, 1.82) is 0 Å². The number of hydrogen-bond donors (Lipinski definition) is 2. The molecule has 1 aliphatic heterocycles. The third-order valence-corrected chi connectivity index (χ3v) is 5.07. The Morgan fingerprint density at radius 3 is 2.52 bits per heavy atom. The molecule has 1 fully saturated rings. The van der Waals surface area contributed by atoms with Crippen molar-refractivity contribution in [2.24, 2.45) is 0 Å². The van der Waals surface area contributed by atoms with Crippen molar-refractivity contribution >= 4 is 27.6 Å². The summed E-state index contributed by atoms with van der Waals surface area (Å²) in [7, 11) is -4.33. The van der Waals surface area contributed by atoms with E-state index in [1.165, 1.54) is 6.07 Å². The van der Waals surface area contributed by atoms with Gasteiger partial charge in [0.25, 0.3) is 0 Å². The predicted octanol–water partition coefficient (Wildman–Crippen LogP) is 1.39. The van der Waals surface area contributed by atoms with Gasteiger partial charge in [-0.05, 0) is 18.2 Å². The molecule has 0 radical (unpaired) electrons.